The summed E-state index contributed by atoms with van der Waals surface area (Å²) in [6, 6.07) is 12.4. The Morgan fingerprint density at radius 3 is 2.70 bits per heavy atom. The van der Waals surface area contributed by atoms with Crippen molar-refractivity contribution in [1.29, 1.82) is 0 Å². The molecule has 0 N–H and O–H groups in total. The van der Waals surface area contributed by atoms with Gasteiger partial charge in [-0.15, -0.1) is 0 Å². The van der Waals surface area contributed by atoms with E-state index < -0.39 is 10.7 Å². The topological polar surface area (TPSA) is 55.6 Å². The van der Waals surface area contributed by atoms with Crippen molar-refractivity contribution in [1.82, 2.24) is 0 Å². The molecule has 0 amide bonds. The van der Waals surface area contributed by atoms with Crippen LogP contribution in [0.25, 0.3) is 0 Å². The highest BCUT2D eigenvalue weighted by Crippen LogP contribution is 2.38. The second-order valence-corrected chi connectivity index (χ2v) is 5.57. The molecule has 1 aliphatic heterocycles. The van der Waals surface area contributed by atoms with E-state index in [0.29, 0.717) is 24.7 Å². The van der Waals surface area contributed by atoms with E-state index in [1.54, 1.807) is 0 Å². The monoisotopic (exact) mass is 316 g/mol. The molecule has 0 saturated carbocycles. The summed E-state index contributed by atoms with van der Waals surface area (Å²) >= 11 is 0. The van der Waals surface area contributed by atoms with Gasteiger partial charge in [-0.2, -0.15) is 0 Å². The molecule has 3 rings (SSSR count). The number of anilines is 1. The lowest BCUT2D eigenvalue weighted by Crippen LogP contribution is -2.20. The first-order valence-corrected chi connectivity index (χ1v) is 7.42. The van der Waals surface area contributed by atoms with Gasteiger partial charge in [0.2, 0.25) is 0 Å². The normalized spacial score (nSPS) is 17.3. The second kappa shape index (κ2) is 6.24. The lowest BCUT2D eigenvalue weighted by Gasteiger charge is -2.19. The van der Waals surface area contributed by atoms with Crippen molar-refractivity contribution in [3.63, 3.8) is 0 Å². The molecule has 0 radical (unpaired) electrons. The van der Waals surface area contributed by atoms with Crippen molar-refractivity contribution < 1.29 is 14.1 Å². The molecule has 0 bridgehead atoms. The Bertz CT molecular complexity index is 721. The number of nitro groups is 1. The molecule has 5 nitrogen and oxygen atoms in total. The van der Waals surface area contributed by atoms with E-state index in [1.807, 2.05) is 23.1 Å². The molecule has 1 saturated heterocycles. The van der Waals surface area contributed by atoms with Gasteiger partial charge < -0.3 is 9.64 Å². The zero-order chi connectivity index (χ0) is 16.4. The predicted molar refractivity (Wildman–Crippen MR) is 85.6 cm³/mol. The highest BCUT2D eigenvalue weighted by Gasteiger charge is 2.30. The Hall–Kier alpha value is -2.63. The van der Waals surface area contributed by atoms with Crippen molar-refractivity contribution >= 4 is 11.4 Å². The molecule has 0 spiro atoms. The second-order valence-electron chi connectivity index (χ2n) is 5.57. The van der Waals surface area contributed by atoms with Crippen LogP contribution in [0, 0.1) is 15.9 Å². The Balaban J connectivity index is 1.91. The minimum Gasteiger partial charge on any atom is -0.494 e. The minimum atomic E-state index is -0.721. The van der Waals surface area contributed by atoms with Crippen LogP contribution in [0.3, 0.4) is 0 Å². The van der Waals surface area contributed by atoms with Gasteiger partial charge in [-0.3, -0.25) is 10.1 Å². The lowest BCUT2D eigenvalue weighted by molar-refractivity contribution is -0.384. The van der Waals surface area contributed by atoms with Gasteiger partial charge in [-0.1, -0.05) is 30.3 Å². The molecule has 1 heterocycles. The Morgan fingerprint density at radius 1 is 1.30 bits per heavy atom. The number of rotatable bonds is 4. The number of halogens is 1. The zero-order valence-electron chi connectivity index (χ0n) is 12.7. The van der Waals surface area contributed by atoms with Crippen molar-refractivity contribution in [3.05, 3.63) is 64.0 Å². The third kappa shape index (κ3) is 2.97. The number of methoxy groups -OCH3 is 1. The molecule has 1 atom stereocenters. The summed E-state index contributed by atoms with van der Waals surface area (Å²) in [7, 11) is 1.35. The Labute approximate surface area is 133 Å². The van der Waals surface area contributed by atoms with Gasteiger partial charge in [0.15, 0.2) is 11.6 Å². The van der Waals surface area contributed by atoms with Crippen LogP contribution in [-0.4, -0.2) is 25.1 Å². The highest BCUT2D eigenvalue weighted by atomic mass is 19.1. The maximum Gasteiger partial charge on any atom is 0.295 e. The van der Waals surface area contributed by atoms with Crippen LogP contribution >= 0.6 is 0 Å². The molecule has 2 aromatic rings. The average Bonchev–Trinajstić information content (AvgIpc) is 3.05. The van der Waals surface area contributed by atoms with Gasteiger partial charge in [0, 0.05) is 25.1 Å². The average molecular weight is 316 g/mol. The summed E-state index contributed by atoms with van der Waals surface area (Å²) in [6.45, 7) is 1.36. The lowest BCUT2D eigenvalue weighted by atomic mass is 9.99. The van der Waals surface area contributed by atoms with Crippen LogP contribution < -0.4 is 9.64 Å². The van der Waals surface area contributed by atoms with E-state index in [1.165, 1.54) is 18.7 Å². The zero-order valence-corrected chi connectivity index (χ0v) is 12.7. The largest absolute Gasteiger partial charge is 0.494 e. The Kier molecular flexibility index (Phi) is 4.14. The molecule has 6 heteroatoms. The van der Waals surface area contributed by atoms with Crippen LogP contribution in [-0.2, 0) is 0 Å². The van der Waals surface area contributed by atoms with E-state index in [4.69, 9.17) is 4.74 Å². The van der Waals surface area contributed by atoms with Crippen molar-refractivity contribution in [2.45, 2.75) is 12.3 Å². The summed E-state index contributed by atoms with van der Waals surface area (Å²) in [4.78, 5) is 12.6. The molecule has 1 aliphatic rings. The number of hydrogen-bond acceptors (Lipinski definition) is 4. The fraction of sp³-hybridized carbons (Fsp3) is 0.294. The maximum atomic E-state index is 13.8. The van der Waals surface area contributed by atoms with Crippen LogP contribution in [0.5, 0.6) is 5.75 Å². The summed E-state index contributed by atoms with van der Waals surface area (Å²) in [5.41, 5.74) is 1.40. The fourth-order valence-electron chi connectivity index (χ4n) is 3.06. The van der Waals surface area contributed by atoms with Gasteiger partial charge in [0.25, 0.3) is 5.69 Å². The molecule has 23 heavy (non-hydrogen) atoms. The van der Waals surface area contributed by atoms with E-state index in [2.05, 4.69) is 12.1 Å². The SMILES string of the molecule is COc1cc(N2CCC(c3ccccc3)C2)c([N+](=O)[O-])cc1F. The molecule has 2 aromatic carbocycles. The van der Waals surface area contributed by atoms with E-state index in [0.717, 1.165) is 12.5 Å². The maximum absolute atomic E-state index is 13.8. The minimum absolute atomic E-state index is 0.0220. The van der Waals surface area contributed by atoms with E-state index in [-0.39, 0.29) is 11.4 Å². The molecule has 1 fully saturated rings. The van der Waals surface area contributed by atoms with Crippen LogP contribution in [0.15, 0.2) is 42.5 Å². The summed E-state index contributed by atoms with van der Waals surface area (Å²) < 4.78 is 18.7. The number of ether oxygens (including phenoxy) is 1. The fourth-order valence-corrected chi connectivity index (χ4v) is 3.06. The first kappa shape index (κ1) is 15.3. The third-order valence-electron chi connectivity index (χ3n) is 4.25. The molecule has 0 aliphatic carbocycles. The first-order chi connectivity index (χ1) is 11.1. The van der Waals surface area contributed by atoms with Gasteiger partial charge in [-0.05, 0) is 12.0 Å². The molecule has 1 unspecified atom stereocenters. The van der Waals surface area contributed by atoms with Crippen molar-refractivity contribution in [2.75, 3.05) is 25.1 Å². The molecule has 0 aromatic heterocycles. The standard InChI is InChI=1S/C17H17FN2O3/c1-23-17-10-15(16(20(21)22)9-14(17)18)19-8-7-13(11-19)12-5-3-2-4-6-12/h2-6,9-10,13H,7-8,11H2,1H3. The van der Waals surface area contributed by atoms with Gasteiger partial charge in [-0.25, -0.2) is 4.39 Å². The molecule has 120 valence electrons. The van der Waals surface area contributed by atoms with Gasteiger partial charge in [0.05, 0.1) is 18.1 Å². The third-order valence-corrected chi connectivity index (χ3v) is 4.25. The van der Waals surface area contributed by atoms with Crippen molar-refractivity contribution in [3.8, 4) is 5.75 Å². The predicted octanol–water partition coefficient (Wildman–Crippen LogP) is 3.74. The number of hydrogen-bond donors (Lipinski definition) is 0. The van der Waals surface area contributed by atoms with Crippen LogP contribution in [0.4, 0.5) is 15.8 Å². The summed E-state index contributed by atoms with van der Waals surface area (Å²) in [6.07, 6.45) is 0.904. The van der Waals surface area contributed by atoms with Crippen LogP contribution in [0.1, 0.15) is 17.9 Å². The molecular weight excluding hydrogens is 299 g/mol. The number of nitro benzene ring substituents is 1. The highest BCUT2D eigenvalue weighted by molar-refractivity contribution is 5.67. The number of nitrogens with zero attached hydrogens (tertiary/aromatic N) is 2. The summed E-state index contributed by atoms with van der Waals surface area (Å²) in [5, 5.41) is 11.3. The van der Waals surface area contributed by atoms with E-state index in [9.17, 15) is 14.5 Å². The van der Waals surface area contributed by atoms with Crippen molar-refractivity contribution in [2.24, 2.45) is 0 Å². The van der Waals surface area contributed by atoms with Crippen LogP contribution in [0.2, 0.25) is 0 Å². The molecular formula is C17H17FN2O3. The quantitative estimate of drug-likeness (QED) is 0.637. The van der Waals surface area contributed by atoms with Gasteiger partial charge >= 0.3 is 0 Å². The Morgan fingerprint density at radius 2 is 2.04 bits per heavy atom. The first-order valence-electron chi connectivity index (χ1n) is 7.42. The smallest absolute Gasteiger partial charge is 0.295 e. The van der Waals surface area contributed by atoms with E-state index >= 15 is 0 Å². The number of benzene rings is 2. The summed E-state index contributed by atoms with van der Waals surface area (Å²) in [5.74, 6) is -0.387. The van der Waals surface area contributed by atoms with Gasteiger partial charge in [0.1, 0.15) is 5.69 Å².